The van der Waals surface area contributed by atoms with Gasteiger partial charge in [-0.2, -0.15) is 5.10 Å². The summed E-state index contributed by atoms with van der Waals surface area (Å²) in [7, 11) is 3.56. The van der Waals surface area contributed by atoms with E-state index in [1.165, 1.54) is 0 Å². The maximum atomic E-state index is 12.2. The number of likely N-dealkylation sites (N-methyl/N-ethyl adjacent to an activating group) is 1. The summed E-state index contributed by atoms with van der Waals surface area (Å²) in [6, 6.07) is 5.65. The van der Waals surface area contributed by atoms with Gasteiger partial charge in [0, 0.05) is 17.2 Å². The van der Waals surface area contributed by atoms with Crippen LogP contribution < -0.4 is 10.6 Å². The Bertz CT molecular complexity index is 831. The van der Waals surface area contributed by atoms with Gasteiger partial charge in [-0.05, 0) is 51.6 Å². The summed E-state index contributed by atoms with van der Waals surface area (Å²) in [5, 5.41) is 10.0. The zero-order chi connectivity index (χ0) is 19.4. The SMILES string of the molecule is Cc1cc(Br)ccc1NC(=O)CN(C)CC(=O)Nc1c(C)nn(C)c1C. The number of aryl methyl sites for hydroxylation is 3. The number of carbonyl (C=O) groups excluding carboxylic acids is 2. The molecule has 0 atom stereocenters. The van der Waals surface area contributed by atoms with Crippen LogP contribution in [0.1, 0.15) is 17.0 Å². The van der Waals surface area contributed by atoms with Crippen LogP contribution in [0.4, 0.5) is 11.4 Å². The summed E-state index contributed by atoms with van der Waals surface area (Å²) >= 11 is 3.40. The van der Waals surface area contributed by atoms with E-state index in [1.54, 1.807) is 16.6 Å². The zero-order valence-electron chi connectivity index (χ0n) is 15.7. The van der Waals surface area contributed by atoms with Crippen LogP contribution >= 0.6 is 15.9 Å². The van der Waals surface area contributed by atoms with Crippen molar-refractivity contribution in [3.05, 3.63) is 39.6 Å². The molecular formula is C18H24BrN5O2. The summed E-state index contributed by atoms with van der Waals surface area (Å²) in [5.74, 6) is -0.348. The van der Waals surface area contributed by atoms with Gasteiger partial charge in [0.2, 0.25) is 11.8 Å². The normalized spacial score (nSPS) is 10.9. The number of amides is 2. The minimum absolute atomic E-state index is 0.112. The first-order valence-corrected chi connectivity index (χ1v) is 9.01. The minimum Gasteiger partial charge on any atom is -0.325 e. The minimum atomic E-state index is -0.181. The number of nitrogens with one attached hydrogen (secondary N) is 2. The maximum absolute atomic E-state index is 12.2. The Balaban J connectivity index is 1.88. The fourth-order valence-electron chi connectivity index (χ4n) is 2.64. The molecule has 2 amide bonds. The molecule has 1 heterocycles. The quantitative estimate of drug-likeness (QED) is 0.750. The fourth-order valence-corrected chi connectivity index (χ4v) is 3.11. The van der Waals surface area contributed by atoms with Gasteiger partial charge in [0.1, 0.15) is 0 Å². The fraction of sp³-hybridized carbons (Fsp3) is 0.389. The molecule has 0 spiro atoms. The maximum Gasteiger partial charge on any atom is 0.238 e. The van der Waals surface area contributed by atoms with Gasteiger partial charge in [0.05, 0.1) is 30.2 Å². The first kappa shape index (κ1) is 20.1. The Hall–Kier alpha value is -2.19. The van der Waals surface area contributed by atoms with Gasteiger partial charge in [-0.15, -0.1) is 0 Å². The van der Waals surface area contributed by atoms with Crippen LogP contribution in [0.15, 0.2) is 22.7 Å². The van der Waals surface area contributed by atoms with Gasteiger partial charge in [-0.3, -0.25) is 19.2 Å². The molecule has 0 bridgehead atoms. The van der Waals surface area contributed by atoms with Gasteiger partial charge in [-0.25, -0.2) is 0 Å². The zero-order valence-corrected chi connectivity index (χ0v) is 17.3. The summed E-state index contributed by atoms with van der Waals surface area (Å²) in [6.45, 7) is 5.90. The summed E-state index contributed by atoms with van der Waals surface area (Å²) in [5.41, 5.74) is 4.11. The number of halogens is 1. The highest BCUT2D eigenvalue weighted by molar-refractivity contribution is 9.10. The van der Waals surface area contributed by atoms with E-state index in [0.717, 1.165) is 32.8 Å². The molecule has 0 unspecified atom stereocenters. The lowest BCUT2D eigenvalue weighted by Gasteiger charge is -2.17. The Labute approximate surface area is 161 Å². The molecule has 0 saturated carbocycles. The second kappa shape index (κ2) is 8.46. The van der Waals surface area contributed by atoms with Crippen molar-refractivity contribution in [2.75, 3.05) is 30.8 Å². The number of benzene rings is 1. The number of nitrogens with zero attached hydrogens (tertiary/aromatic N) is 3. The molecule has 8 heteroatoms. The van der Waals surface area contributed by atoms with E-state index in [9.17, 15) is 9.59 Å². The Morgan fingerprint density at radius 3 is 2.31 bits per heavy atom. The number of carbonyl (C=O) groups is 2. The summed E-state index contributed by atoms with van der Waals surface area (Å²) in [6.07, 6.45) is 0. The number of rotatable bonds is 6. The molecule has 0 aliphatic heterocycles. The van der Waals surface area contributed by atoms with Gasteiger partial charge >= 0.3 is 0 Å². The lowest BCUT2D eigenvalue weighted by atomic mass is 10.2. The van der Waals surface area contributed by atoms with Crippen LogP contribution in [-0.4, -0.2) is 46.6 Å². The molecule has 0 fully saturated rings. The predicted molar refractivity (Wildman–Crippen MR) is 106 cm³/mol. The molecule has 0 saturated heterocycles. The van der Waals surface area contributed by atoms with Crippen LogP contribution in [0.25, 0.3) is 0 Å². The van der Waals surface area contributed by atoms with Gasteiger partial charge in [0.15, 0.2) is 0 Å². The topological polar surface area (TPSA) is 79.3 Å². The number of aromatic nitrogens is 2. The van der Waals surface area contributed by atoms with E-state index in [0.29, 0.717) is 0 Å². The van der Waals surface area contributed by atoms with E-state index in [-0.39, 0.29) is 24.9 Å². The Morgan fingerprint density at radius 1 is 1.15 bits per heavy atom. The molecule has 26 heavy (non-hydrogen) atoms. The smallest absolute Gasteiger partial charge is 0.238 e. The standard InChI is InChI=1S/C18H24BrN5O2/c1-11-8-14(19)6-7-15(11)20-16(25)9-23(4)10-17(26)21-18-12(2)22-24(5)13(18)3/h6-8H,9-10H2,1-5H3,(H,20,25)(H,21,26). The lowest BCUT2D eigenvalue weighted by Crippen LogP contribution is -2.36. The first-order valence-electron chi connectivity index (χ1n) is 8.22. The third-order valence-electron chi connectivity index (χ3n) is 4.06. The summed E-state index contributed by atoms with van der Waals surface area (Å²) < 4.78 is 2.69. The monoisotopic (exact) mass is 421 g/mol. The van der Waals surface area contributed by atoms with Crippen molar-refractivity contribution >= 4 is 39.1 Å². The second-order valence-corrected chi connectivity index (χ2v) is 7.31. The van der Waals surface area contributed by atoms with Crippen LogP contribution in [-0.2, 0) is 16.6 Å². The first-order chi connectivity index (χ1) is 12.2. The highest BCUT2D eigenvalue weighted by Crippen LogP contribution is 2.20. The van der Waals surface area contributed by atoms with Crippen molar-refractivity contribution in [2.45, 2.75) is 20.8 Å². The molecule has 2 rings (SSSR count). The van der Waals surface area contributed by atoms with Crippen LogP contribution in [0.5, 0.6) is 0 Å². The molecule has 0 radical (unpaired) electrons. The highest BCUT2D eigenvalue weighted by atomic mass is 79.9. The molecule has 2 N–H and O–H groups in total. The predicted octanol–water partition coefficient (Wildman–Crippen LogP) is 2.62. The molecule has 1 aromatic carbocycles. The van der Waals surface area contributed by atoms with Crippen molar-refractivity contribution in [2.24, 2.45) is 7.05 Å². The van der Waals surface area contributed by atoms with Crippen molar-refractivity contribution in [1.82, 2.24) is 14.7 Å². The van der Waals surface area contributed by atoms with Gasteiger partial charge in [-0.1, -0.05) is 15.9 Å². The van der Waals surface area contributed by atoms with Crippen molar-refractivity contribution in [3.8, 4) is 0 Å². The van der Waals surface area contributed by atoms with Crippen LogP contribution in [0.3, 0.4) is 0 Å². The van der Waals surface area contributed by atoms with Gasteiger partial charge < -0.3 is 10.6 Å². The average Bonchev–Trinajstić information content (AvgIpc) is 2.76. The van der Waals surface area contributed by atoms with Crippen molar-refractivity contribution < 1.29 is 9.59 Å². The molecule has 0 aliphatic rings. The largest absolute Gasteiger partial charge is 0.325 e. The molecule has 140 valence electrons. The number of anilines is 2. The van der Waals surface area contributed by atoms with E-state index in [1.807, 2.05) is 46.0 Å². The van der Waals surface area contributed by atoms with E-state index < -0.39 is 0 Å². The average molecular weight is 422 g/mol. The van der Waals surface area contributed by atoms with Crippen LogP contribution in [0, 0.1) is 20.8 Å². The van der Waals surface area contributed by atoms with E-state index in [2.05, 4.69) is 31.7 Å². The second-order valence-electron chi connectivity index (χ2n) is 6.40. The molecular weight excluding hydrogens is 398 g/mol. The Kier molecular flexibility index (Phi) is 6.55. The molecule has 7 nitrogen and oxygen atoms in total. The molecule has 0 aliphatic carbocycles. The van der Waals surface area contributed by atoms with Crippen molar-refractivity contribution in [3.63, 3.8) is 0 Å². The van der Waals surface area contributed by atoms with Crippen LogP contribution in [0.2, 0.25) is 0 Å². The van der Waals surface area contributed by atoms with Crippen molar-refractivity contribution in [1.29, 1.82) is 0 Å². The van der Waals surface area contributed by atoms with E-state index in [4.69, 9.17) is 0 Å². The highest BCUT2D eigenvalue weighted by Gasteiger charge is 2.15. The lowest BCUT2D eigenvalue weighted by molar-refractivity contribution is -0.119. The third kappa shape index (κ3) is 5.15. The summed E-state index contributed by atoms with van der Waals surface area (Å²) in [4.78, 5) is 26.1. The Morgan fingerprint density at radius 2 is 1.77 bits per heavy atom. The van der Waals surface area contributed by atoms with E-state index >= 15 is 0 Å². The van der Waals surface area contributed by atoms with Gasteiger partial charge in [0.25, 0.3) is 0 Å². The molecule has 2 aromatic rings. The third-order valence-corrected chi connectivity index (χ3v) is 4.56. The number of hydrogen-bond acceptors (Lipinski definition) is 4. The molecule has 1 aromatic heterocycles. The number of hydrogen-bond donors (Lipinski definition) is 2.